The van der Waals surface area contributed by atoms with Crippen molar-refractivity contribution < 1.29 is 9.59 Å². The fraction of sp³-hybridized carbons (Fsp3) is 0.308. The molecule has 3 aromatic rings. The predicted molar refractivity (Wildman–Crippen MR) is 129 cm³/mol. The lowest BCUT2D eigenvalue weighted by Crippen LogP contribution is -2.43. The van der Waals surface area contributed by atoms with Gasteiger partial charge in [0.25, 0.3) is 0 Å². The molecule has 1 atom stereocenters. The quantitative estimate of drug-likeness (QED) is 0.487. The maximum atomic E-state index is 13.0. The first-order chi connectivity index (χ1) is 14.9. The second-order valence-electron chi connectivity index (χ2n) is 8.01. The highest BCUT2D eigenvalue weighted by atomic mass is 16.2. The van der Waals surface area contributed by atoms with Gasteiger partial charge in [-0.2, -0.15) is 0 Å². The summed E-state index contributed by atoms with van der Waals surface area (Å²) in [6.07, 6.45) is 1.05. The molecular formula is C26H31N3O2. The molecule has 0 heterocycles. The number of amides is 3. The monoisotopic (exact) mass is 417 g/mol. The standard InChI is InChI=1S/C26H31N3O2/c1-5-20(4)29(26(31)28-25-18(2)9-8-10-19(25)3)16-15-24(30)27-23-14-13-21-11-6-7-12-22(21)17-23/h6-14,17,20H,5,15-16H2,1-4H3,(H,27,30)(H,28,31). The van der Waals surface area contributed by atoms with E-state index >= 15 is 0 Å². The van der Waals surface area contributed by atoms with Crippen LogP contribution in [-0.2, 0) is 4.79 Å². The number of nitrogens with one attached hydrogen (secondary N) is 2. The Labute approximate surface area is 184 Å². The molecule has 0 aliphatic carbocycles. The molecule has 0 saturated heterocycles. The molecule has 3 amide bonds. The molecule has 0 radical (unpaired) electrons. The van der Waals surface area contributed by atoms with E-state index in [9.17, 15) is 9.59 Å². The van der Waals surface area contributed by atoms with Gasteiger partial charge in [-0.1, -0.05) is 55.5 Å². The van der Waals surface area contributed by atoms with Crippen LogP contribution in [0.2, 0.25) is 0 Å². The van der Waals surface area contributed by atoms with Gasteiger partial charge >= 0.3 is 6.03 Å². The van der Waals surface area contributed by atoms with E-state index in [0.717, 1.165) is 39.7 Å². The van der Waals surface area contributed by atoms with Gasteiger partial charge in [0.05, 0.1) is 0 Å². The third-order valence-corrected chi connectivity index (χ3v) is 5.71. The Morgan fingerprint density at radius 1 is 0.903 bits per heavy atom. The molecule has 0 aliphatic heterocycles. The van der Waals surface area contributed by atoms with Crippen LogP contribution in [0.15, 0.2) is 60.7 Å². The summed E-state index contributed by atoms with van der Waals surface area (Å²) in [6.45, 7) is 8.36. The number of anilines is 2. The Bertz CT molecular complexity index is 1060. The minimum Gasteiger partial charge on any atom is -0.326 e. The molecule has 0 aliphatic rings. The highest BCUT2D eigenvalue weighted by molar-refractivity contribution is 5.95. The van der Waals surface area contributed by atoms with Crippen LogP contribution in [0, 0.1) is 13.8 Å². The van der Waals surface area contributed by atoms with Crippen molar-refractivity contribution >= 4 is 34.1 Å². The first kappa shape index (κ1) is 22.3. The summed E-state index contributed by atoms with van der Waals surface area (Å²) in [6, 6.07) is 19.7. The van der Waals surface area contributed by atoms with E-state index in [2.05, 4.69) is 10.6 Å². The second-order valence-corrected chi connectivity index (χ2v) is 8.01. The smallest absolute Gasteiger partial charge is 0.322 e. The average molecular weight is 418 g/mol. The van der Waals surface area contributed by atoms with Gasteiger partial charge in [-0.25, -0.2) is 4.79 Å². The normalized spacial score (nSPS) is 11.7. The first-order valence-electron chi connectivity index (χ1n) is 10.8. The van der Waals surface area contributed by atoms with Gasteiger partial charge in [0.2, 0.25) is 5.91 Å². The Morgan fingerprint density at radius 2 is 1.58 bits per heavy atom. The highest BCUT2D eigenvalue weighted by Crippen LogP contribution is 2.21. The van der Waals surface area contributed by atoms with Crippen LogP contribution in [0.4, 0.5) is 16.2 Å². The first-order valence-corrected chi connectivity index (χ1v) is 10.8. The van der Waals surface area contributed by atoms with Gasteiger partial charge in [0.1, 0.15) is 0 Å². The zero-order valence-corrected chi connectivity index (χ0v) is 18.7. The van der Waals surface area contributed by atoms with Crippen molar-refractivity contribution in [1.82, 2.24) is 4.90 Å². The maximum absolute atomic E-state index is 13.0. The van der Waals surface area contributed by atoms with E-state index in [1.807, 2.05) is 88.4 Å². The largest absolute Gasteiger partial charge is 0.326 e. The maximum Gasteiger partial charge on any atom is 0.322 e. The number of hydrogen-bond donors (Lipinski definition) is 2. The second kappa shape index (κ2) is 10.1. The molecule has 0 spiro atoms. The van der Waals surface area contributed by atoms with E-state index < -0.39 is 0 Å². The number of rotatable bonds is 7. The van der Waals surface area contributed by atoms with Crippen LogP contribution in [0.25, 0.3) is 10.8 Å². The van der Waals surface area contributed by atoms with Crippen molar-refractivity contribution in [3.05, 3.63) is 71.8 Å². The summed E-state index contributed by atoms with van der Waals surface area (Å²) in [7, 11) is 0. The molecule has 0 bridgehead atoms. The molecule has 5 nitrogen and oxygen atoms in total. The van der Waals surface area contributed by atoms with E-state index in [4.69, 9.17) is 0 Å². The molecule has 3 aromatic carbocycles. The number of urea groups is 1. The van der Waals surface area contributed by atoms with Gasteiger partial charge < -0.3 is 15.5 Å². The fourth-order valence-corrected chi connectivity index (χ4v) is 3.65. The van der Waals surface area contributed by atoms with Gasteiger partial charge in [-0.05, 0) is 61.2 Å². The van der Waals surface area contributed by atoms with Crippen molar-refractivity contribution in [2.75, 3.05) is 17.2 Å². The summed E-state index contributed by atoms with van der Waals surface area (Å²) >= 11 is 0. The molecule has 31 heavy (non-hydrogen) atoms. The van der Waals surface area contributed by atoms with Gasteiger partial charge in [0, 0.05) is 30.4 Å². The number of hydrogen-bond acceptors (Lipinski definition) is 2. The minimum absolute atomic E-state index is 0.0257. The number of aryl methyl sites for hydroxylation is 2. The van der Waals surface area contributed by atoms with Crippen LogP contribution < -0.4 is 10.6 Å². The Hall–Kier alpha value is -3.34. The number of carbonyl (C=O) groups excluding carboxylic acids is 2. The molecule has 5 heteroatoms. The Balaban J connectivity index is 1.64. The molecule has 0 fully saturated rings. The van der Waals surface area contributed by atoms with Crippen molar-refractivity contribution in [1.29, 1.82) is 0 Å². The van der Waals surface area contributed by atoms with Crippen molar-refractivity contribution in [3.8, 4) is 0 Å². The van der Waals surface area contributed by atoms with E-state index in [0.29, 0.717) is 6.54 Å². The predicted octanol–water partition coefficient (Wildman–Crippen LogP) is 6.12. The number of benzene rings is 3. The topological polar surface area (TPSA) is 61.4 Å². The zero-order chi connectivity index (χ0) is 22.4. The van der Waals surface area contributed by atoms with Crippen LogP contribution >= 0.6 is 0 Å². The van der Waals surface area contributed by atoms with Crippen LogP contribution in [0.1, 0.15) is 37.8 Å². The molecular weight excluding hydrogens is 386 g/mol. The summed E-state index contributed by atoms with van der Waals surface area (Å²) < 4.78 is 0. The van der Waals surface area contributed by atoms with Crippen molar-refractivity contribution in [2.24, 2.45) is 0 Å². The molecule has 2 N–H and O–H groups in total. The number of para-hydroxylation sites is 1. The van der Waals surface area contributed by atoms with Crippen molar-refractivity contribution in [2.45, 2.75) is 46.6 Å². The van der Waals surface area contributed by atoms with Crippen LogP contribution in [0.5, 0.6) is 0 Å². The van der Waals surface area contributed by atoms with Crippen molar-refractivity contribution in [3.63, 3.8) is 0 Å². The SMILES string of the molecule is CCC(C)N(CCC(=O)Nc1ccc2ccccc2c1)C(=O)Nc1c(C)cccc1C. The van der Waals surface area contributed by atoms with Crippen LogP contribution in [0.3, 0.4) is 0 Å². The Kier molecular flexibility index (Phi) is 7.29. The van der Waals surface area contributed by atoms with Gasteiger partial charge in [0.15, 0.2) is 0 Å². The van der Waals surface area contributed by atoms with E-state index in [1.165, 1.54) is 0 Å². The summed E-state index contributed by atoms with van der Waals surface area (Å²) in [4.78, 5) is 27.3. The number of nitrogens with zero attached hydrogens (tertiary/aromatic N) is 1. The summed E-state index contributed by atoms with van der Waals surface area (Å²) in [5.74, 6) is -0.108. The summed E-state index contributed by atoms with van der Waals surface area (Å²) in [5.41, 5.74) is 3.64. The third kappa shape index (κ3) is 5.63. The minimum atomic E-state index is -0.176. The van der Waals surface area contributed by atoms with Gasteiger partial charge in [-0.15, -0.1) is 0 Å². The van der Waals surface area contributed by atoms with Gasteiger partial charge in [-0.3, -0.25) is 4.79 Å². The average Bonchev–Trinajstić information content (AvgIpc) is 2.76. The molecule has 162 valence electrons. The molecule has 1 unspecified atom stereocenters. The number of carbonyl (C=O) groups is 2. The zero-order valence-electron chi connectivity index (χ0n) is 18.7. The lowest BCUT2D eigenvalue weighted by Gasteiger charge is -2.29. The van der Waals surface area contributed by atoms with Crippen LogP contribution in [-0.4, -0.2) is 29.4 Å². The fourth-order valence-electron chi connectivity index (χ4n) is 3.65. The summed E-state index contributed by atoms with van der Waals surface area (Å²) in [5, 5.41) is 8.21. The lowest BCUT2D eigenvalue weighted by molar-refractivity contribution is -0.116. The lowest BCUT2D eigenvalue weighted by atomic mass is 10.1. The highest BCUT2D eigenvalue weighted by Gasteiger charge is 2.21. The molecule has 0 aromatic heterocycles. The van der Waals surface area contributed by atoms with E-state index in [-0.39, 0.29) is 24.4 Å². The number of fused-ring (bicyclic) bond motifs is 1. The third-order valence-electron chi connectivity index (χ3n) is 5.71. The molecule has 0 saturated carbocycles. The van der Waals surface area contributed by atoms with E-state index in [1.54, 1.807) is 4.90 Å². The Morgan fingerprint density at radius 3 is 2.26 bits per heavy atom. The molecule has 3 rings (SSSR count).